The first-order chi connectivity index (χ1) is 9.72. The van der Waals surface area contributed by atoms with E-state index in [1.54, 1.807) is 0 Å². The van der Waals surface area contributed by atoms with E-state index in [2.05, 4.69) is 4.72 Å². The highest BCUT2D eigenvalue weighted by atomic mass is 32.2. The summed E-state index contributed by atoms with van der Waals surface area (Å²) in [6, 6.07) is 2.01. The Balaban J connectivity index is 2.26. The molecule has 0 amide bonds. The maximum Gasteiger partial charge on any atom is 0.339 e. The summed E-state index contributed by atoms with van der Waals surface area (Å²) in [6.07, 6.45) is 1.02. The van der Waals surface area contributed by atoms with Crippen molar-refractivity contribution in [3.8, 4) is 5.75 Å². The summed E-state index contributed by atoms with van der Waals surface area (Å²) < 4.78 is 26.7. The zero-order valence-electron chi connectivity index (χ0n) is 11.4. The monoisotopic (exact) mass is 315 g/mol. The lowest BCUT2D eigenvalue weighted by molar-refractivity contribution is 0.0693. The molecule has 1 unspecified atom stereocenters. The SMILES string of the molecule is Cc1cc(O)c(C(=O)O)cc1S(=O)(=O)NCC(O)C1CC1. The van der Waals surface area contributed by atoms with Crippen LogP contribution < -0.4 is 4.72 Å². The van der Waals surface area contributed by atoms with Gasteiger partial charge in [-0.1, -0.05) is 0 Å². The van der Waals surface area contributed by atoms with Crippen molar-refractivity contribution >= 4 is 16.0 Å². The van der Waals surface area contributed by atoms with Gasteiger partial charge in [0.15, 0.2) is 0 Å². The molecule has 0 spiro atoms. The minimum absolute atomic E-state index is 0.115. The van der Waals surface area contributed by atoms with Crippen LogP contribution in [0.2, 0.25) is 0 Å². The molecule has 1 saturated carbocycles. The van der Waals surface area contributed by atoms with Gasteiger partial charge in [0.05, 0.1) is 11.0 Å². The van der Waals surface area contributed by atoms with Gasteiger partial charge in [0.1, 0.15) is 11.3 Å². The van der Waals surface area contributed by atoms with E-state index in [0.717, 1.165) is 25.0 Å². The number of carbonyl (C=O) groups is 1. The number of aliphatic hydroxyl groups is 1. The van der Waals surface area contributed by atoms with Gasteiger partial charge in [-0.3, -0.25) is 0 Å². The van der Waals surface area contributed by atoms with E-state index >= 15 is 0 Å². The number of carboxylic acids is 1. The zero-order valence-corrected chi connectivity index (χ0v) is 12.2. The second-order valence-corrected chi connectivity index (χ2v) is 6.93. The molecule has 0 aliphatic heterocycles. The molecule has 0 aromatic heterocycles. The summed E-state index contributed by atoms with van der Waals surface area (Å²) in [4.78, 5) is 10.7. The molecule has 7 nitrogen and oxygen atoms in total. The van der Waals surface area contributed by atoms with Gasteiger partial charge in [0.25, 0.3) is 0 Å². The Hall–Kier alpha value is -1.64. The highest BCUT2D eigenvalue weighted by Crippen LogP contribution is 2.32. The first-order valence-corrected chi connectivity index (χ1v) is 7.95. The molecule has 0 heterocycles. The van der Waals surface area contributed by atoms with Crippen LogP contribution in [0, 0.1) is 12.8 Å². The lowest BCUT2D eigenvalue weighted by Gasteiger charge is -2.13. The molecule has 1 atom stereocenters. The molecule has 1 aromatic carbocycles. The molecule has 1 aliphatic carbocycles. The quantitative estimate of drug-likeness (QED) is 0.604. The second kappa shape index (κ2) is 5.63. The maximum atomic E-state index is 12.2. The van der Waals surface area contributed by atoms with E-state index in [1.165, 1.54) is 6.92 Å². The molecular formula is C13H17NO6S. The number of aromatic hydroxyl groups is 1. The summed E-state index contributed by atoms with van der Waals surface area (Å²) >= 11 is 0. The van der Waals surface area contributed by atoms with E-state index in [9.17, 15) is 23.4 Å². The number of sulfonamides is 1. The van der Waals surface area contributed by atoms with E-state index in [4.69, 9.17) is 5.11 Å². The minimum atomic E-state index is -3.95. The van der Waals surface area contributed by atoms with Gasteiger partial charge in [-0.25, -0.2) is 17.9 Å². The summed E-state index contributed by atoms with van der Waals surface area (Å²) in [5, 5.41) is 28.1. The Morgan fingerprint density at radius 2 is 2.05 bits per heavy atom. The highest BCUT2D eigenvalue weighted by Gasteiger charge is 2.31. The van der Waals surface area contributed by atoms with Crippen molar-refractivity contribution in [1.82, 2.24) is 4.72 Å². The van der Waals surface area contributed by atoms with Crippen LogP contribution in [-0.2, 0) is 10.0 Å². The molecule has 21 heavy (non-hydrogen) atoms. The summed E-state index contributed by atoms with van der Waals surface area (Å²) in [7, 11) is -3.95. The second-order valence-electron chi connectivity index (χ2n) is 5.20. The van der Waals surface area contributed by atoms with Crippen molar-refractivity contribution in [2.45, 2.75) is 30.8 Å². The number of hydrogen-bond acceptors (Lipinski definition) is 5. The fourth-order valence-corrected chi connectivity index (χ4v) is 3.36. The molecule has 4 N–H and O–H groups in total. The topological polar surface area (TPSA) is 124 Å². The summed E-state index contributed by atoms with van der Waals surface area (Å²) in [6.45, 7) is 1.34. The van der Waals surface area contributed by atoms with Gasteiger partial charge >= 0.3 is 5.97 Å². The Morgan fingerprint density at radius 3 is 2.57 bits per heavy atom. The number of benzene rings is 1. The average Bonchev–Trinajstić information content (AvgIpc) is 3.19. The Kier molecular flexibility index (Phi) is 4.22. The maximum absolute atomic E-state index is 12.2. The van der Waals surface area contributed by atoms with E-state index in [1.807, 2.05) is 0 Å². The standard InChI is InChI=1S/C13H17NO6S/c1-7-4-10(15)9(13(17)18)5-12(7)21(19,20)14-6-11(16)8-2-3-8/h4-5,8,11,14-16H,2-3,6H2,1H3,(H,17,18). The van der Waals surface area contributed by atoms with Crippen LogP contribution >= 0.6 is 0 Å². The molecule has 0 bridgehead atoms. The smallest absolute Gasteiger partial charge is 0.339 e. The first kappa shape index (κ1) is 15.7. The number of aliphatic hydroxyl groups excluding tert-OH is 1. The molecule has 1 aromatic rings. The lowest BCUT2D eigenvalue weighted by Crippen LogP contribution is -2.33. The fraction of sp³-hybridized carbons (Fsp3) is 0.462. The molecular weight excluding hydrogens is 298 g/mol. The zero-order chi connectivity index (χ0) is 15.8. The van der Waals surface area contributed by atoms with Crippen molar-refractivity contribution in [3.63, 3.8) is 0 Å². The van der Waals surface area contributed by atoms with Crippen molar-refractivity contribution in [1.29, 1.82) is 0 Å². The van der Waals surface area contributed by atoms with Gasteiger partial charge in [0, 0.05) is 6.54 Å². The van der Waals surface area contributed by atoms with Crippen LogP contribution in [0.3, 0.4) is 0 Å². The van der Waals surface area contributed by atoms with Crippen LogP contribution in [-0.4, -0.2) is 42.4 Å². The number of nitrogens with one attached hydrogen (secondary N) is 1. The van der Waals surface area contributed by atoms with Crippen molar-refractivity contribution < 1.29 is 28.5 Å². The van der Waals surface area contributed by atoms with Gasteiger partial charge in [0.2, 0.25) is 10.0 Å². The van der Waals surface area contributed by atoms with Crippen LogP contribution in [0.1, 0.15) is 28.8 Å². The molecule has 116 valence electrons. The molecule has 8 heteroatoms. The van der Waals surface area contributed by atoms with E-state index in [-0.39, 0.29) is 22.9 Å². The number of phenols is 1. The van der Waals surface area contributed by atoms with Gasteiger partial charge in [-0.2, -0.15) is 0 Å². The van der Waals surface area contributed by atoms with Crippen LogP contribution in [0.15, 0.2) is 17.0 Å². The number of carboxylic acid groups (broad SMARTS) is 1. The van der Waals surface area contributed by atoms with Crippen molar-refractivity contribution in [2.75, 3.05) is 6.54 Å². The summed E-state index contributed by atoms with van der Waals surface area (Å²) in [5.74, 6) is -1.78. The van der Waals surface area contributed by atoms with E-state index in [0.29, 0.717) is 0 Å². The number of aryl methyl sites for hydroxylation is 1. The number of aromatic carboxylic acids is 1. The third-order valence-corrected chi connectivity index (χ3v) is 5.03. The predicted molar refractivity (Wildman–Crippen MR) is 73.7 cm³/mol. The molecule has 1 fully saturated rings. The van der Waals surface area contributed by atoms with Crippen molar-refractivity contribution in [2.24, 2.45) is 5.92 Å². The number of rotatable bonds is 6. The van der Waals surface area contributed by atoms with Crippen LogP contribution in [0.5, 0.6) is 5.75 Å². The van der Waals surface area contributed by atoms with Gasteiger partial charge < -0.3 is 15.3 Å². The highest BCUT2D eigenvalue weighted by molar-refractivity contribution is 7.89. The first-order valence-electron chi connectivity index (χ1n) is 6.47. The minimum Gasteiger partial charge on any atom is -0.507 e. The largest absolute Gasteiger partial charge is 0.507 e. The van der Waals surface area contributed by atoms with Gasteiger partial charge in [-0.05, 0) is 43.4 Å². The Labute approximate surface area is 122 Å². The Bertz CT molecular complexity index is 665. The molecule has 0 saturated heterocycles. The molecule has 2 rings (SSSR count). The molecule has 1 aliphatic rings. The average molecular weight is 315 g/mol. The predicted octanol–water partition coefficient (Wildman–Crippen LogP) is 0.448. The molecule has 0 radical (unpaired) electrons. The Morgan fingerprint density at radius 1 is 1.43 bits per heavy atom. The third kappa shape index (κ3) is 3.52. The lowest BCUT2D eigenvalue weighted by atomic mass is 10.1. The fourth-order valence-electron chi connectivity index (χ4n) is 2.05. The number of hydrogen-bond donors (Lipinski definition) is 4. The normalized spacial score (nSPS) is 16.7. The van der Waals surface area contributed by atoms with Crippen LogP contribution in [0.25, 0.3) is 0 Å². The third-order valence-electron chi connectivity index (χ3n) is 3.46. The summed E-state index contributed by atoms with van der Waals surface area (Å²) in [5.41, 5.74) is -0.255. The van der Waals surface area contributed by atoms with E-state index < -0.39 is 33.4 Å². The van der Waals surface area contributed by atoms with Gasteiger partial charge in [-0.15, -0.1) is 0 Å². The van der Waals surface area contributed by atoms with Crippen LogP contribution in [0.4, 0.5) is 0 Å². The van der Waals surface area contributed by atoms with Crippen molar-refractivity contribution in [3.05, 3.63) is 23.3 Å².